The van der Waals surface area contributed by atoms with Gasteiger partial charge in [0.1, 0.15) is 0 Å². The number of aryl methyl sites for hydroxylation is 2. The van der Waals surface area contributed by atoms with Gasteiger partial charge in [-0.2, -0.15) is 5.10 Å². The number of nitrogens with two attached hydrogens (primary N) is 1. The van der Waals surface area contributed by atoms with E-state index in [0.717, 1.165) is 29.2 Å². The summed E-state index contributed by atoms with van der Waals surface area (Å²) in [6.45, 7) is 4.73. The number of pyridine rings is 1. The average molecular weight is 226 g/mol. The molecule has 0 aliphatic carbocycles. The molecule has 0 amide bonds. The van der Waals surface area contributed by atoms with Crippen LogP contribution >= 0.6 is 0 Å². The van der Waals surface area contributed by atoms with E-state index in [4.69, 9.17) is 13.6 Å². The maximum atomic E-state index is 5.63. The Labute approximate surface area is 102 Å². The molecular weight excluding hydrogens is 211 g/mol. The van der Waals surface area contributed by atoms with Gasteiger partial charge in [-0.1, -0.05) is 6.32 Å². The molecule has 17 heavy (non-hydrogen) atoms. The zero-order valence-corrected chi connectivity index (χ0v) is 10.1. The van der Waals surface area contributed by atoms with Gasteiger partial charge in [-0.05, 0) is 26.0 Å². The van der Waals surface area contributed by atoms with E-state index >= 15 is 0 Å². The zero-order chi connectivity index (χ0) is 12.4. The van der Waals surface area contributed by atoms with Crippen molar-refractivity contribution >= 4 is 13.5 Å². The average Bonchev–Trinajstić information content (AvgIpc) is 2.57. The molecular formula is C12H15BN4. The standard InChI is InChI=1S/C12H15BN4/c1-8-12(9(2)17(16-8)6-5-13)11-4-3-10(14)7-15-11/h3-4,7H,5-6,14H2,1-2H3. The number of anilines is 1. The monoisotopic (exact) mass is 226 g/mol. The lowest BCUT2D eigenvalue weighted by atomic mass is 10.1. The Balaban J connectivity index is 2.48. The summed E-state index contributed by atoms with van der Waals surface area (Å²) in [6.07, 6.45) is 2.24. The molecule has 0 unspecified atom stereocenters. The Morgan fingerprint density at radius 3 is 2.71 bits per heavy atom. The van der Waals surface area contributed by atoms with Gasteiger partial charge in [-0.15, -0.1) is 0 Å². The van der Waals surface area contributed by atoms with Gasteiger partial charge < -0.3 is 5.73 Å². The number of hydrogen-bond acceptors (Lipinski definition) is 3. The molecule has 0 atom stereocenters. The molecule has 2 heterocycles. The van der Waals surface area contributed by atoms with Crippen LogP contribution < -0.4 is 5.73 Å². The van der Waals surface area contributed by atoms with Gasteiger partial charge in [0.05, 0.1) is 31.1 Å². The minimum atomic E-state index is 0.580. The third-order valence-corrected chi connectivity index (χ3v) is 2.76. The van der Waals surface area contributed by atoms with E-state index < -0.39 is 0 Å². The highest BCUT2D eigenvalue weighted by molar-refractivity contribution is 6.08. The summed E-state index contributed by atoms with van der Waals surface area (Å²) in [5.74, 6) is 0. The molecule has 0 saturated carbocycles. The molecule has 0 spiro atoms. The molecule has 0 aliphatic heterocycles. The first-order valence-electron chi connectivity index (χ1n) is 5.59. The Morgan fingerprint density at radius 1 is 1.35 bits per heavy atom. The fourth-order valence-corrected chi connectivity index (χ4v) is 1.96. The smallest absolute Gasteiger partial charge is 0.0740 e. The van der Waals surface area contributed by atoms with Crippen molar-refractivity contribution in [2.45, 2.75) is 26.7 Å². The Kier molecular flexibility index (Phi) is 3.18. The first kappa shape index (κ1) is 11.7. The SMILES string of the molecule is [B]CCn1nc(C)c(-c2ccc(N)cn2)c1C. The maximum Gasteiger partial charge on any atom is 0.0740 e. The molecule has 2 aromatic rings. The minimum absolute atomic E-state index is 0.580. The zero-order valence-electron chi connectivity index (χ0n) is 10.1. The van der Waals surface area contributed by atoms with E-state index in [9.17, 15) is 0 Å². The highest BCUT2D eigenvalue weighted by atomic mass is 15.3. The van der Waals surface area contributed by atoms with Crippen molar-refractivity contribution < 1.29 is 0 Å². The Hall–Kier alpha value is -1.78. The van der Waals surface area contributed by atoms with Crippen molar-refractivity contribution in [3.63, 3.8) is 0 Å². The van der Waals surface area contributed by atoms with Gasteiger partial charge in [0.15, 0.2) is 0 Å². The van der Waals surface area contributed by atoms with Crippen molar-refractivity contribution in [3.8, 4) is 11.3 Å². The second-order valence-corrected chi connectivity index (χ2v) is 4.03. The fraction of sp³-hybridized carbons (Fsp3) is 0.333. The highest BCUT2D eigenvalue weighted by Gasteiger charge is 2.13. The van der Waals surface area contributed by atoms with E-state index in [-0.39, 0.29) is 0 Å². The van der Waals surface area contributed by atoms with E-state index in [1.54, 1.807) is 6.20 Å². The third kappa shape index (κ3) is 2.18. The van der Waals surface area contributed by atoms with Crippen LogP contribution in [0.2, 0.25) is 6.32 Å². The number of rotatable bonds is 3. The molecule has 0 fully saturated rings. The van der Waals surface area contributed by atoms with Crippen LogP contribution in [0.5, 0.6) is 0 Å². The highest BCUT2D eigenvalue weighted by Crippen LogP contribution is 2.25. The molecule has 2 radical (unpaired) electrons. The lowest BCUT2D eigenvalue weighted by Crippen LogP contribution is -2.01. The van der Waals surface area contributed by atoms with Crippen LogP contribution in [0, 0.1) is 13.8 Å². The van der Waals surface area contributed by atoms with Gasteiger partial charge in [0.25, 0.3) is 0 Å². The molecule has 0 aliphatic rings. The third-order valence-electron chi connectivity index (χ3n) is 2.76. The second-order valence-electron chi connectivity index (χ2n) is 4.03. The fourth-order valence-electron chi connectivity index (χ4n) is 1.96. The second kappa shape index (κ2) is 4.61. The van der Waals surface area contributed by atoms with Crippen molar-refractivity contribution in [2.24, 2.45) is 0 Å². The van der Waals surface area contributed by atoms with Crippen LogP contribution in [-0.4, -0.2) is 22.6 Å². The summed E-state index contributed by atoms with van der Waals surface area (Å²) < 4.78 is 1.92. The normalized spacial score (nSPS) is 10.7. The largest absolute Gasteiger partial charge is 0.397 e. The predicted octanol–water partition coefficient (Wildman–Crippen LogP) is 1.73. The first-order valence-corrected chi connectivity index (χ1v) is 5.59. The summed E-state index contributed by atoms with van der Waals surface area (Å²) in [6, 6.07) is 3.76. The number of nitrogen functional groups attached to an aromatic ring is 1. The first-order chi connectivity index (χ1) is 8.13. The quantitative estimate of drug-likeness (QED) is 0.810. The predicted molar refractivity (Wildman–Crippen MR) is 69.9 cm³/mol. The van der Waals surface area contributed by atoms with Gasteiger partial charge in [0.2, 0.25) is 0 Å². The van der Waals surface area contributed by atoms with E-state index in [2.05, 4.69) is 10.1 Å². The molecule has 0 bridgehead atoms. The van der Waals surface area contributed by atoms with Crippen LogP contribution in [0.4, 0.5) is 5.69 Å². The molecule has 86 valence electrons. The molecule has 0 saturated heterocycles. The molecule has 2 N–H and O–H groups in total. The number of hydrogen-bond donors (Lipinski definition) is 1. The molecule has 5 heteroatoms. The van der Waals surface area contributed by atoms with Gasteiger partial charge in [0, 0.05) is 17.8 Å². The molecule has 2 aromatic heterocycles. The van der Waals surface area contributed by atoms with E-state index in [1.807, 2.05) is 30.7 Å². The van der Waals surface area contributed by atoms with Crippen molar-refractivity contribution in [3.05, 3.63) is 29.7 Å². The van der Waals surface area contributed by atoms with Gasteiger partial charge >= 0.3 is 0 Å². The van der Waals surface area contributed by atoms with Crippen molar-refractivity contribution in [1.29, 1.82) is 0 Å². The summed E-state index contributed by atoms with van der Waals surface area (Å²) >= 11 is 0. The number of aromatic nitrogens is 3. The lowest BCUT2D eigenvalue weighted by molar-refractivity contribution is 0.634. The summed E-state index contributed by atoms with van der Waals surface area (Å²) in [5, 5.41) is 4.46. The van der Waals surface area contributed by atoms with E-state index in [0.29, 0.717) is 12.0 Å². The van der Waals surface area contributed by atoms with Crippen LogP contribution in [0.1, 0.15) is 11.4 Å². The maximum absolute atomic E-state index is 5.63. The molecule has 4 nitrogen and oxygen atoms in total. The lowest BCUT2D eigenvalue weighted by Gasteiger charge is -2.03. The molecule has 0 aromatic carbocycles. The van der Waals surface area contributed by atoms with Crippen molar-refractivity contribution in [2.75, 3.05) is 5.73 Å². The molecule has 2 rings (SSSR count). The number of nitrogens with zero attached hydrogens (tertiary/aromatic N) is 3. The van der Waals surface area contributed by atoms with Crippen molar-refractivity contribution in [1.82, 2.24) is 14.8 Å². The van der Waals surface area contributed by atoms with Gasteiger partial charge in [-0.25, -0.2) is 0 Å². The topological polar surface area (TPSA) is 56.7 Å². The summed E-state index contributed by atoms with van der Waals surface area (Å²) in [5.41, 5.74) is 10.3. The summed E-state index contributed by atoms with van der Waals surface area (Å²) in [4.78, 5) is 4.33. The van der Waals surface area contributed by atoms with Crippen LogP contribution in [-0.2, 0) is 6.54 Å². The van der Waals surface area contributed by atoms with Gasteiger partial charge in [-0.3, -0.25) is 9.67 Å². The Morgan fingerprint density at radius 2 is 2.12 bits per heavy atom. The van der Waals surface area contributed by atoms with Crippen LogP contribution in [0.25, 0.3) is 11.3 Å². The summed E-state index contributed by atoms with van der Waals surface area (Å²) in [7, 11) is 5.55. The van der Waals surface area contributed by atoms with Crippen LogP contribution in [0.3, 0.4) is 0 Å². The van der Waals surface area contributed by atoms with E-state index in [1.165, 1.54) is 0 Å². The van der Waals surface area contributed by atoms with Crippen LogP contribution in [0.15, 0.2) is 18.3 Å². The minimum Gasteiger partial charge on any atom is -0.397 e. The Bertz CT molecular complexity index is 516.